The molecule has 0 bridgehead atoms. The third-order valence-electron chi connectivity index (χ3n) is 7.16. The van der Waals surface area contributed by atoms with Crippen LogP contribution in [0.1, 0.15) is 93.1 Å². The SMILES string of the molecule is CC.CC.CCCC(=O)c1ccc(-c2cc3cc(C(=O)Nc4cc(NC(=O)CN5CCCCC5)cnc4C)cnc3[nH]2)cc1. The zero-order valence-corrected chi connectivity index (χ0v) is 26.9. The number of anilines is 2. The molecule has 1 saturated heterocycles. The molecule has 0 aliphatic carbocycles. The van der Waals surface area contributed by atoms with Crippen LogP contribution < -0.4 is 10.6 Å². The number of hydrogen-bond acceptors (Lipinski definition) is 6. The van der Waals surface area contributed by atoms with Gasteiger partial charge in [0.15, 0.2) is 5.78 Å². The van der Waals surface area contributed by atoms with Crippen LogP contribution >= 0.6 is 0 Å². The van der Waals surface area contributed by atoms with Crippen LogP contribution in [0.2, 0.25) is 0 Å². The largest absolute Gasteiger partial charge is 0.339 e. The summed E-state index contributed by atoms with van der Waals surface area (Å²) in [5.41, 5.74) is 5.24. The molecule has 1 aliphatic rings. The van der Waals surface area contributed by atoms with E-state index in [1.807, 2.05) is 65.0 Å². The van der Waals surface area contributed by atoms with Gasteiger partial charge in [0.1, 0.15) is 5.65 Å². The van der Waals surface area contributed by atoms with Gasteiger partial charge in [0.2, 0.25) is 5.91 Å². The van der Waals surface area contributed by atoms with E-state index >= 15 is 0 Å². The van der Waals surface area contributed by atoms with Crippen molar-refractivity contribution in [1.29, 1.82) is 0 Å². The molecule has 4 aromatic rings. The fraction of sp³-hybridized carbons (Fsp3) is 0.400. The number of likely N-dealkylation sites (tertiary alicyclic amines) is 1. The first kappa shape index (κ1) is 34.1. The molecule has 3 aromatic heterocycles. The molecule has 0 spiro atoms. The molecule has 1 fully saturated rings. The minimum absolute atomic E-state index is 0.0926. The number of hydrogen-bond donors (Lipinski definition) is 3. The molecule has 1 aromatic carbocycles. The number of aromatic amines is 1. The van der Waals surface area contributed by atoms with Crippen LogP contribution in [0.25, 0.3) is 22.3 Å². The molecular weight excluding hydrogens is 552 g/mol. The first-order valence-corrected chi connectivity index (χ1v) is 15.8. The summed E-state index contributed by atoms with van der Waals surface area (Å²) in [5.74, 6) is -0.276. The Hall–Kier alpha value is -4.37. The minimum Gasteiger partial charge on any atom is -0.339 e. The summed E-state index contributed by atoms with van der Waals surface area (Å²) in [4.78, 5) is 52.0. The van der Waals surface area contributed by atoms with E-state index in [4.69, 9.17) is 0 Å². The number of fused-ring (bicyclic) bond motifs is 1. The van der Waals surface area contributed by atoms with Gasteiger partial charge in [-0.1, -0.05) is 65.3 Å². The molecule has 0 atom stereocenters. The van der Waals surface area contributed by atoms with Crippen molar-refractivity contribution in [2.75, 3.05) is 30.3 Å². The van der Waals surface area contributed by atoms with Crippen LogP contribution in [0.15, 0.2) is 54.9 Å². The number of aryl methyl sites for hydroxylation is 1. The quantitative estimate of drug-likeness (QED) is 0.170. The Kier molecular flexibility index (Phi) is 13.2. The lowest BCUT2D eigenvalue weighted by atomic mass is 10.0. The lowest BCUT2D eigenvalue weighted by molar-refractivity contribution is -0.117. The summed E-state index contributed by atoms with van der Waals surface area (Å²) in [6.07, 6.45) is 7.93. The van der Waals surface area contributed by atoms with E-state index in [0.29, 0.717) is 46.8 Å². The van der Waals surface area contributed by atoms with Crippen LogP contribution in [0, 0.1) is 6.92 Å². The smallest absolute Gasteiger partial charge is 0.257 e. The van der Waals surface area contributed by atoms with Gasteiger partial charge in [-0.05, 0) is 63.0 Å². The van der Waals surface area contributed by atoms with Crippen molar-refractivity contribution in [3.05, 3.63) is 71.7 Å². The summed E-state index contributed by atoms with van der Waals surface area (Å²) in [6, 6.07) is 12.9. The van der Waals surface area contributed by atoms with Crippen molar-refractivity contribution in [3.63, 3.8) is 0 Å². The number of Topliss-reactive ketones (excluding diaryl/α,β-unsaturated/α-hetero) is 1. The Balaban J connectivity index is 0.00000127. The number of rotatable bonds is 9. The molecule has 1 aliphatic heterocycles. The van der Waals surface area contributed by atoms with E-state index < -0.39 is 0 Å². The zero-order valence-electron chi connectivity index (χ0n) is 26.9. The van der Waals surface area contributed by atoms with E-state index in [1.165, 1.54) is 12.6 Å². The van der Waals surface area contributed by atoms with Gasteiger partial charge in [0.25, 0.3) is 5.91 Å². The number of aromatic nitrogens is 3. The lowest BCUT2D eigenvalue weighted by Crippen LogP contribution is -2.36. The first-order valence-electron chi connectivity index (χ1n) is 15.8. The normalized spacial score (nSPS) is 12.8. The number of nitrogens with zero attached hydrogens (tertiary/aromatic N) is 3. The summed E-state index contributed by atoms with van der Waals surface area (Å²) < 4.78 is 0. The molecule has 44 heavy (non-hydrogen) atoms. The Bertz CT molecular complexity index is 1540. The van der Waals surface area contributed by atoms with Crippen LogP contribution in [0.3, 0.4) is 0 Å². The van der Waals surface area contributed by atoms with Crippen molar-refractivity contribution in [2.45, 2.75) is 73.6 Å². The molecule has 3 N–H and O–H groups in total. The second kappa shape index (κ2) is 17.1. The van der Waals surface area contributed by atoms with Crippen LogP contribution in [-0.4, -0.2) is 57.1 Å². The molecular formula is C35H46N6O3. The van der Waals surface area contributed by atoms with Gasteiger partial charge >= 0.3 is 0 Å². The summed E-state index contributed by atoms with van der Waals surface area (Å²) in [6.45, 7) is 14.0. The molecule has 4 heterocycles. The van der Waals surface area contributed by atoms with Gasteiger partial charge in [-0.25, -0.2) is 4.98 Å². The fourth-order valence-electron chi connectivity index (χ4n) is 4.95. The molecule has 5 rings (SSSR count). The topological polar surface area (TPSA) is 120 Å². The third kappa shape index (κ3) is 9.07. The Morgan fingerprint density at radius 3 is 2.25 bits per heavy atom. The summed E-state index contributed by atoms with van der Waals surface area (Å²) >= 11 is 0. The van der Waals surface area contributed by atoms with Crippen LogP contribution in [-0.2, 0) is 4.79 Å². The highest BCUT2D eigenvalue weighted by molar-refractivity contribution is 6.06. The molecule has 9 heteroatoms. The minimum atomic E-state index is -0.322. The predicted molar refractivity (Wildman–Crippen MR) is 179 cm³/mol. The lowest BCUT2D eigenvalue weighted by Gasteiger charge is -2.25. The Labute approximate surface area is 260 Å². The van der Waals surface area contributed by atoms with Gasteiger partial charge in [-0.3, -0.25) is 24.3 Å². The number of carbonyl (C=O) groups is 3. The molecule has 234 valence electrons. The van der Waals surface area contributed by atoms with Crippen molar-refractivity contribution in [1.82, 2.24) is 19.9 Å². The van der Waals surface area contributed by atoms with Crippen LogP contribution in [0.5, 0.6) is 0 Å². The van der Waals surface area contributed by atoms with Crippen molar-refractivity contribution < 1.29 is 14.4 Å². The number of carbonyl (C=O) groups excluding carboxylic acids is 3. The van der Waals surface area contributed by atoms with E-state index in [1.54, 1.807) is 25.3 Å². The molecule has 9 nitrogen and oxygen atoms in total. The monoisotopic (exact) mass is 598 g/mol. The number of nitrogens with one attached hydrogen (secondary N) is 3. The second-order valence-corrected chi connectivity index (χ2v) is 10.3. The predicted octanol–water partition coefficient (Wildman–Crippen LogP) is 7.65. The van der Waals surface area contributed by atoms with Crippen molar-refractivity contribution >= 4 is 40.0 Å². The van der Waals surface area contributed by atoms with E-state index in [9.17, 15) is 14.4 Å². The average molecular weight is 599 g/mol. The number of benzene rings is 1. The highest BCUT2D eigenvalue weighted by atomic mass is 16.2. The highest BCUT2D eigenvalue weighted by Gasteiger charge is 2.16. The van der Waals surface area contributed by atoms with Crippen LogP contribution in [0.4, 0.5) is 11.4 Å². The maximum atomic E-state index is 13.1. The second-order valence-electron chi connectivity index (χ2n) is 10.3. The Morgan fingerprint density at radius 1 is 0.864 bits per heavy atom. The number of H-pyrrole nitrogens is 1. The number of pyridine rings is 2. The maximum absolute atomic E-state index is 13.1. The number of ketones is 1. The average Bonchev–Trinajstić information content (AvgIpc) is 3.49. The summed E-state index contributed by atoms with van der Waals surface area (Å²) in [7, 11) is 0. The highest BCUT2D eigenvalue weighted by Crippen LogP contribution is 2.25. The van der Waals surface area contributed by atoms with Gasteiger partial charge in [-0.15, -0.1) is 0 Å². The van der Waals surface area contributed by atoms with Gasteiger partial charge in [0.05, 0.1) is 35.4 Å². The standard InChI is InChI=1S/C31H34N6O3.2C2H6/c1-3-7-28(38)22-10-8-21(9-11-22)27-15-23-14-24(17-33-30(23)35-27)31(40)36-26-16-25(18-32-20(26)2)34-29(39)19-37-12-5-4-6-13-37;2*1-2/h8-11,14-18H,3-7,12-13,19H2,1-2H3,(H,33,35)(H,34,39)(H,36,40);2*1-2H3. The Morgan fingerprint density at radius 2 is 1.57 bits per heavy atom. The van der Waals surface area contributed by atoms with E-state index in [0.717, 1.165) is 49.0 Å². The molecule has 0 unspecified atom stereocenters. The number of piperidine rings is 1. The van der Waals surface area contributed by atoms with Gasteiger partial charge in [0, 0.05) is 29.3 Å². The summed E-state index contributed by atoms with van der Waals surface area (Å²) in [5, 5.41) is 6.60. The van der Waals surface area contributed by atoms with E-state index in [2.05, 4.69) is 30.5 Å². The maximum Gasteiger partial charge on any atom is 0.257 e. The third-order valence-corrected chi connectivity index (χ3v) is 7.16. The van der Waals surface area contributed by atoms with Gasteiger partial charge in [-0.2, -0.15) is 0 Å². The fourth-order valence-corrected chi connectivity index (χ4v) is 4.95. The molecule has 0 saturated carbocycles. The van der Waals surface area contributed by atoms with Gasteiger partial charge < -0.3 is 15.6 Å². The molecule has 0 radical (unpaired) electrons. The first-order chi connectivity index (χ1) is 21.4. The van der Waals surface area contributed by atoms with E-state index in [-0.39, 0.29) is 17.6 Å². The van der Waals surface area contributed by atoms with Crippen molar-refractivity contribution in [2.24, 2.45) is 0 Å². The number of amides is 2. The molecule has 2 amide bonds. The zero-order chi connectivity index (χ0) is 32.1. The van der Waals surface area contributed by atoms with Crippen molar-refractivity contribution in [3.8, 4) is 11.3 Å².